The standard InChI is InChI=1S/C42H62Si6/c1-17-43(5,6)37-29-38(44(7,8)18-2)32-41(31-37)47(13,14)27-25-35-21-23-36(24-22-35)26-28-48(15,16)42-33-39(45(9,10)19-3)30-40(34-42)46(11,12)20-4/h17-34H,1-4H2,5-16H3/b27-25+,28-26+. The van der Waals surface area contributed by atoms with Crippen LogP contribution in [0.1, 0.15) is 11.1 Å². The van der Waals surface area contributed by atoms with Gasteiger partial charge in [0.2, 0.25) is 0 Å². The summed E-state index contributed by atoms with van der Waals surface area (Å²) in [4.78, 5) is 0. The van der Waals surface area contributed by atoms with Crippen molar-refractivity contribution in [3.05, 3.63) is 132 Å². The van der Waals surface area contributed by atoms with E-state index in [0.717, 1.165) is 0 Å². The molecule has 0 fully saturated rings. The molecule has 0 spiro atoms. The molecule has 0 bridgehead atoms. The molecule has 3 rings (SSSR count). The molecule has 0 saturated carbocycles. The van der Waals surface area contributed by atoms with Crippen LogP contribution in [0, 0.1) is 0 Å². The smallest absolute Gasteiger partial charge is 0.104 e. The molecule has 0 heterocycles. The minimum atomic E-state index is -1.86. The lowest BCUT2D eigenvalue weighted by molar-refractivity contribution is 1.62. The van der Waals surface area contributed by atoms with E-state index in [1.54, 1.807) is 0 Å². The van der Waals surface area contributed by atoms with Crippen LogP contribution in [-0.4, -0.2) is 48.4 Å². The third kappa shape index (κ3) is 9.34. The van der Waals surface area contributed by atoms with Crippen molar-refractivity contribution >= 4 is 91.7 Å². The van der Waals surface area contributed by atoms with E-state index in [4.69, 9.17) is 0 Å². The predicted octanol–water partition coefficient (Wildman–Crippen LogP) is 8.59. The molecule has 6 heteroatoms. The zero-order valence-electron chi connectivity index (χ0n) is 32.2. The van der Waals surface area contributed by atoms with Crippen LogP contribution in [0.5, 0.6) is 0 Å². The highest BCUT2D eigenvalue weighted by Crippen LogP contribution is 2.16. The summed E-state index contributed by atoms with van der Waals surface area (Å²) >= 11 is 0. The van der Waals surface area contributed by atoms with Crippen molar-refractivity contribution in [3.8, 4) is 0 Å². The van der Waals surface area contributed by atoms with E-state index in [9.17, 15) is 0 Å². The molecule has 3 aromatic carbocycles. The summed E-state index contributed by atoms with van der Waals surface area (Å²) in [5.74, 6) is 0. The number of rotatable bonds is 14. The fraction of sp³-hybridized carbons (Fsp3) is 0.286. The van der Waals surface area contributed by atoms with Gasteiger partial charge in [-0.05, 0) is 11.1 Å². The third-order valence-electron chi connectivity index (χ3n) is 10.7. The molecular weight excluding hydrogens is 673 g/mol. The zero-order valence-corrected chi connectivity index (χ0v) is 38.2. The maximum atomic E-state index is 4.21. The second-order valence-electron chi connectivity index (χ2n) is 17.1. The Labute approximate surface area is 300 Å². The predicted molar refractivity (Wildman–Crippen MR) is 241 cm³/mol. The van der Waals surface area contributed by atoms with Gasteiger partial charge in [-0.25, -0.2) is 0 Å². The molecule has 0 aliphatic carbocycles. The van der Waals surface area contributed by atoms with Gasteiger partial charge in [0, 0.05) is 0 Å². The van der Waals surface area contributed by atoms with Crippen LogP contribution >= 0.6 is 0 Å². The van der Waals surface area contributed by atoms with Gasteiger partial charge < -0.3 is 0 Å². The first-order valence-corrected chi connectivity index (χ1v) is 35.9. The molecule has 48 heavy (non-hydrogen) atoms. The Hall–Kier alpha value is -2.60. The molecule has 254 valence electrons. The Balaban J connectivity index is 1.92. The van der Waals surface area contributed by atoms with Crippen LogP contribution in [0.25, 0.3) is 12.2 Å². The van der Waals surface area contributed by atoms with Gasteiger partial charge in [0.1, 0.15) is 48.4 Å². The lowest BCUT2D eigenvalue weighted by Gasteiger charge is -2.28. The van der Waals surface area contributed by atoms with Gasteiger partial charge in [0.15, 0.2) is 0 Å². The highest BCUT2D eigenvalue weighted by molar-refractivity contribution is 7.00. The first-order valence-electron chi connectivity index (χ1n) is 17.4. The van der Waals surface area contributed by atoms with Crippen molar-refractivity contribution in [2.24, 2.45) is 0 Å². The Morgan fingerprint density at radius 1 is 0.333 bits per heavy atom. The SMILES string of the molecule is C=C[Si](C)(C)c1cc([Si](C)(C)C=C)cc([Si](C)(C)/C=C/c2ccc(/C=C/[Si](C)(C)c3cc([Si](C)(C)C=C)cc([Si](C)(C)C=C)c3)cc2)c1. The third-order valence-corrected chi connectivity index (χ3v) is 27.4. The minimum absolute atomic E-state index is 1.26. The van der Waals surface area contributed by atoms with E-state index in [2.05, 4.69) is 212 Å². The fourth-order valence-corrected chi connectivity index (χ4v) is 15.2. The Bertz CT molecular complexity index is 1530. The van der Waals surface area contributed by atoms with Crippen molar-refractivity contribution < 1.29 is 0 Å². The highest BCUT2D eigenvalue weighted by atomic mass is 28.3. The lowest BCUT2D eigenvalue weighted by Crippen LogP contribution is -2.52. The summed E-state index contributed by atoms with van der Waals surface area (Å²) in [6.07, 6.45) is 4.70. The van der Waals surface area contributed by atoms with E-state index < -0.39 is 48.4 Å². The number of hydrogen-bond acceptors (Lipinski definition) is 0. The quantitative estimate of drug-likeness (QED) is 0.146. The second kappa shape index (κ2) is 14.7. The average molecular weight is 735 g/mol. The molecule has 0 saturated heterocycles. The summed E-state index contributed by atoms with van der Waals surface area (Å²) in [5.41, 5.74) is 16.4. The van der Waals surface area contributed by atoms with E-state index in [-0.39, 0.29) is 0 Å². The van der Waals surface area contributed by atoms with Gasteiger partial charge in [-0.3, -0.25) is 0 Å². The molecule has 0 amide bonds. The van der Waals surface area contributed by atoms with E-state index in [0.29, 0.717) is 0 Å². The van der Waals surface area contributed by atoms with Gasteiger partial charge in [0.25, 0.3) is 0 Å². The van der Waals surface area contributed by atoms with Crippen molar-refractivity contribution in [2.45, 2.75) is 78.6 Å². The molecule has 0 aromatic heterocycles. The summed E-state index contributed by atoms with van der Waals surface area (Å²) in [6, 6.07) is 24.0. The molecule has 3 aromatic rings. The monoisotopic (exact) mass is 734 g/mol. The maximum absolute atomic E-state index is 4.21. The maximum Gasteiger partial charge on any atom is 0.104 e. The Morgan fingerprint density at radius 2 is 0.521 bits per heavy atom. The van der Waals surface area contributed by atoms with Crippen molar-refractivity contribution in [1.29, 1.82) is 0 Å². The Morgan fingerprint density at radius 3 is 0.708 bits per heavy atom. The normalized spacial score (nSPS) is 13.6. The number of hydrogen-bond donors (Lipinski definition) is 0. The molecule has 0 aliphatic rings. The summed E-state index contributed by atoms with van der Waals surface area (Å²) in [7, 11) is -10.6. The summed E-state index contributed by atoms with van der Waals surface area (Å²) in [6.45, 7) is 46.0. The molecule has 0 radical (unpaired) electrons. The molecule has 0 unspecified atom stereocenters. The molecule has 0 aliphatic heterocycles. The summed E-state index contributed by atoms with van der Waals surface area (Å²) < 4.78 is 0. The first-order chi connectivity index (χ1) is 22.0. The summed E-state index contributed by atoms with van der Waals surface area (Å²) in [5, 5.41) is 8.98. The van der Waals surface area contributed by atoms with Gasteiger partial charge in [-0.2, -0.15) is 0 Å². The minimum Gasteiger partial charge on any atom is -0.107 e. The van der Waals surface area contributed by atoms with E-state index in [1.165, 1.54) is 42.2 Å². The van der Waals surface area contributed by atoms with Crippen LogP contribution < -0.4 is 31.1 Å². The van der Waals surface area contributed by atoms with Crippen LogP contribution in [-0.2, 0) is 0 Å². The zero-order chi connectivity index (χ0) is 36.3. The van der Waals surface area contributed by atoms with E-state index in [1.807, 2.05) is 0 Å². The van der Waals surface area contributed by atoms with Crippen LogP contribution in [0.15, 0.2) is 121 Å². The van der Waals surface area contributed by atoms with Gasteiger partial charge in [-0.1, -0.05) is 217 Å². The fourth-order valence-electron chi connectivity index (χ4n) is 5.48. The number of benzene rings is 3. The van der Waals surface area contributed by atoms with Crippen molar-refractivity contribution in [3.63, 3.8) is 0 Å². The second-order valence-corrected chi connectivity index (χ2v) is 43.5. The van der Waals surface area contributed by atoms with Crippen molar-refractivity contribution in [1.82, 2.24) is 0 Å². The molecule has 0 nitrogen and oxygen atoms in total. The van der Waals surface area contributed by atoms with Gasteiger partial charge in [-0.15, -0.1) is 26.3 Å². The van der Waals surface area contributed by atoms with Crippen LogP contribution in [0.3, 0.4) is 0 Å². The van der Waals surface area contributed by atoms with Gasteiger partial charge in [0.05, 0.1) is 0 Å². The molecule has 0 N–H and O–H groups in total. The molecular formula is C42H62Si6. The van der Waals surface area contributed by atoms with Gasteiger partial charge >= 0.3 is 0 Å². The first kappa shape index (κ1) is 39.8. The highest BCUT2D eigenvalue weighted by Gasteiger charge is 2.31. The molecule has 0 atom stereocenters. The van der Waals surface area contributed by atoms with E-state index >= 15 is 0 Å². The van der Waals surface area contributed by atoms with Crippen LogP contribution in [0.4, 0.5) is 0 Å². The topological polar surface area (TPSA) is 0 Å². The Kier molecular flexibility index (Phi) is 12.2. The van der Waals surface area contributed by atoms with Crippen LogP contribution in [0.2, 0.25) is 78.6 Å². The largest absolute Gasteiger partial charge is 0.107 e. The van der Waals surface area contributed by atoms with Crippen molar-refractivity contribution in [2.75, 3.05) is 0 Å². The average Bonchev–Trinajstić information content (AvgIpc) is 3.06. The lowest BCUT2D eigenvalue weighted by atomic mass is 10.1.